The summed E-state index contributed by atoms with van der Waals surface area (Å²) < 4.78 is 1.74. The van der Waals surface area contributed by atoms with Gasteiger partial charge >= 0.3 is 0 Å². The van der Waals surface area contributed by atoms with Crippen molar-refractivity contribution in [1.82, 2.24) is 4.98 Å². The molecule has 0 bridgehead atoms. The van der Waals surface area contributed by atoms with Crippen molar-refractivity contribution in [1.29, 1.82) is 0 Å². The van der Waals surface area contributed by atoms with Crippen LogP contribution >= 0.6 is 0 Å². The van der Waals surface area contributed by atoms with E-state index >= 15 is 0 Å². The highest BCUT2D eigenvalue weighted by Gasteiger charge is 2.21. The summed E-state index contributed by atoms with van der Waals surface area (Å²) in [5.41, 5.74) is 0.412. The lowest BCUT2D eigenvalue weighted by Crippen LogP contribution is -2.30. The molecule has 0 aliphatic heterocycles. The minimum Gasteiger partial charge on any atom is -0.394 e. The summed E-state index contributed by atoms with van der Waals surface area (Å²) in [6, 6.07) is 0. The predicted molar refractivity (Wildman–Crippen MR) is 63.3 cm³/mol. The van der Waals surface area contributed by atoms with Crippen LogP contribution in [-0.2, 0) is 7.05 Å². The molecule has 18 heavy (non-hydrogen) atoms. The van der Waals surface area contributed by atoms with Gasteiger partial charge in [-0.05, 0) is 19.3 Å². The highest BCUT2D eigenvalue weighted by molar-refractivity contribution is 4.98. The average Bonchev–Trinajstić information content (AvgIpc) is 2.37. The molecular weight excluding hydrogens is 236 g/mol. The maximum Gasteiger partial charge on any atom is 0.193 e. The van der Waals surface area contributed by atoms with E-state index in [1.165, 1.54) is 0 Å². The van der Waals surface area contributed by atoms with Gasteiger partial charge in [-0.25, -0.2) is 9.55 Å². The maximum absolute atomic E-state index is 9.90. The van der Waals surface area contributed by atoms with E-state index in [9.17, 15) is 10.2 Å². The second kappa shape index (κ2) is 7.38. The van der Waals surface area contributed by atoms with Gasteiger partial charge < -0.3 is 20.4 Å². The van der Waals surface area contributed by atoms with Gasteiger partial charge in [0.2, 0.25) is 0 Å². The number of hydrogen-bond acceptors (Lipinski definition) is 5. The first-order valence-electron chi connectivity index (χ1n) is 6.01. The molecule has 102 valence electrons. The maximum atomic E-state index is 9.90. The summed E-state index contributed by atoms with van der Waals surface area (Å²) in [7, 11) is 1.81. The Labute approximate surface area is 106 Å². The van der Waals surface area contributed by atoms with Crippen LogP contribution in [0.15, 0.2) is 18.6 Å². The number of hydrogen-bond donors (Lipinski definition) is 4. The Balaban J connectivity index is 2.44. The molecule has 0 saturated carbocycles. The van der Waals surface area contributed by atoms with E-state index < -0.39 is 18.3 Å². The van der Waals surface area contributed by atoms with Gasteiger partial charge in [0.1, 0.15) is 18.8 Å². The molecule has 0 aliphatic rings. The lowest BCUT2D eigenvalue weighted by Gasteiger charge is -2.16. The number of aromatic nitrogens is 2. The van der Waals surface area contributed by atoms with Gasteiger partial charge in [0.15, 0.2) is 12.4 Å². The third-order valence-electron chi connectivity index (χ3n) is 2.78. The Morgan fingerprint density at radius 2 is 2.00 bits per heavy atom. The standard InChI is InChI=1S/C12H21N2O4/c1-14-6-5-13-10(7-14)12(18)11(17)4-2-3-9(16)8-15/h5-7,9,11-12,15-18H,2-4,8H2,1H3/q+1. The van der Waals surface area contributed by atoms with Gasteiger partial charge in [0, 0.05) is 0 Å². The summed E-state index contributed by atoms with van der Waals surface area (Å²) >= 11 is 0. The second-order valence-corrected chi connectivity index (χ2v) is 4.43. The Hall–Kier alpha value is -1.08. The van der Waals surface area contributed by atoms with Crippen LogP contribution in [0.3, 0.4) is 0 Å². The summed E-state index contributed by atoms with van der Waals surface area (Å²) in [6.07, 6.45) is 3.49. The Kier molecular flexibility index (Phi) is 6.14. The van der Waals surface area contributed by atoms with Crippen molar-refractivity contribution in [2.24, 2.45) is 7.05 Å². The van der Waals surface area contributed by atoms with E-state index in [0.717, 1.165) is 0 Å². The number of aliphatic hydroxyl groups is 4. The molecule has 4 N–H and O–H groups in total. The predicted octanol–water partition coefficient (Wildman–Crippen LogP) is -1.18. The minimum atomic E-state index is -1.04. The normalized spacial score (nSPS) is 16.3. The SMILES string of the molecule is C[n+]1ccnc(C(O)C(O)CCCC(O)CO)c1. The third kappa shape index (κ3) is 4.66. The second-order valence-electron chi connectivity index (χ2n) is 4.43. The van der Waals surface area contributed by atoms with Crippen LogP contribution in [-0.4, -0.2) is 44.2 Å². The quantitative estimate of drug-likeness (QED) is 0.461. The molecule has 0 amide bonds. The molecule has 0 spiro atoms. The number of rotatable bonds is 7. The van der Waals surface area contributed by atoms with Crippen LogP contribution in [0.25, 0.3) is 0 Å². The highest BCUT2D eigenvalue weighted by Crippen LogP contribution is 2.17. The van der Waals surface area contributed by atoms with Gasteiger partial charge in [-0.1, -0.05) is 0 Å². The zero-order valence-electron chi connectivity index (χ0n) is 10.5. The van der Waals surface area contributed by atoms with Crippen molar-refractivity contribution in [2.75, 3.05) is 6.61 Å². The Morgan fingerprint density at radius 3 is 2.61 bits per heavy atom. The van der Waals surface area contributed by atoms with Crippen LogP contribution in [0, 0.1) is 0 Å². The fraction of sp³-hybridized carbons (Fsp3) is 0.667. The van der Waals surface area contributed by atoms with Crippen LogP contribution in [0.4, 0.5) is 0 Å². The number of nitrogens with zero attached hydrogens (tertiary/aromatic N) is 2. The van der Waals surface area contributed by atoms with Gasteiger partial charge in [0.25, 0.3) is 0 Å². The number of aliphatic hydroxyl groups excluding tert-OH is 4. The molecular formula is C12H21N2O4+. The van der Waals surface area contributed by atoms with Crippen molar-refractivity contribution in [2.45, 2.75) is 37.6 Å². The smallest absolute Gasteiger partial charge is 0.193 e. The molecule has 6 heteroatoms. The zero-order valence-corrected chi connectivity index (χ0v) is 10.5. The summed E-state index contributed by atoms with van der Waals surface area (Å²) in [5.74, 6) is 0. The van der Waals surface area contributed by atoms with Crippen molar-refractivity contribution >= 4 is 0 Å². The first-order valence-corrected chi connectivity index (χ1v) is 6.01. The molecule has 1 aromatic rings. The molecule has 0 aromatic carbocycles. The summed E-state index contributed by atoms with van der Waals surface area (Å²) in [6.45, 7) is -0.283. The van der Waals surface area contributed by atoms with Crippen LogP contribution < -0.4 is 4.57 Å². The lowest BCUT2D eigenvalue weighted by atomic mass is 10.0. The lowest BCUT2D eigenvalue weighted by molar-refractivity contribution is -0.672. The molecule has 1 rings (SSSR count). The zero-order chi connectivity index (χ0) is 13.5. The fourth-order valence-electron chi connectivity index (χ4n) is 1.67. The first kappa shape index (κ1) is 15.0. The minimum absolute atomic E-state index is 0.283. The Morgan fingerprint density at radius 1 is 1.28 bits per heavy atom. The van der Waals surface area contributed by atoms with Gasteiger partial charge in [-0.15, -0.1) is 0 Å². The highest BCUT2D eigenvalue weighted by atomic mass is 16.3. The van der Waals surface area contributed by atoms with Crippen molar-refractivity contribution < 1.29 is 25.0 Å². The van der Waals surface area contributed by atoms with E-state index in [-0.39, 0.29) is 6.61 Å². The van der Waals surface area contributed by atoms with Gasteiger partial charge in [-0.3, -0.25) is 0 Å². The number of aryl methyl sites for hydroxylation is 1. The monoisotopic (exact) mass is 257 g/mol. The van der Waals surface area contributed by atoms with E-state index in [1.54, 1.807) is 23.2 Å². The van der Waals surface area contributed by atoms with E-state index in [2.05, 4.69) is 4.98 Å². The fourth-order valence-corrected chi connectivity index (χ4v) is 1.67. The molecule has 3 atom stereocenters. The molecule has 0 aliphatic carbocycles. The first-order chi connectivity index (χ1) is 8.54. The average molecular weight is 257 g/mol. The largest absolute Gasteiger partial charge is 0.394 e. The van der Waals surface area contributed by atoms with Gasteiger partial charge in [-0.2, -0.15) is 0 Å². The van der Waals surface area contributed by atoms with Crippen LogP contribution in [0.2, 0.25) is 0 Å². The van der Waals surface area contributed by atoms with Crippen molar-refractivity contribution in [3.8, 4) is 0 Å². The van der Waals surface area contributed by atoms with E-state index in [4.69, 9.17) is 10.2 Å². The molecule has 0 saturated heterocycles. The van der Waals surface area contributed by atoms with E-state index in [1.807, 2.05) is 7.05 Å². The molecule has 0 fully saturated rings. The van der Waals surface area contributed by atoms with Crippen LogP contribution in [0.1, 0.15) is 31.1 Å². The van der Waals surface area contributed by atoms with E-state index in [0.29, 0.717) is 25.0 Å². The molecule has 1 aromatic heterocycles. The summed E-state index contributed by atoms with van der Waals surface area (Å²) in [5, 5.41) is 37.5. The van der Waals surface area contributed by atoms with Crippen molar-refractivity contribution in [3.05, 3.63) is 24.3 Å². The summed E-state index contributed by atoms with van der Waals surface area (Å²) in [4.78, 5) is 4.00. The Bertz CT molecular complexity index is 362. The molecule has 6 nitrogen and oxygen atoms in total. The van der Waals surface area contributed by atoms with Crippen LogP contribution in [0.5, 0.6) is 0 Å². The molecule has 0 radical (unpaired) electrons. The third-order valence-corrected chi connectivity index (χ3v) is 2.78. The molecule has 1 heterocycles. The molecule has 3 unspecified atom stereocenters. The topological polar surface area (TPSA) is 97.7 Å². The van der Waals surface area contributed by atoms with Gasteiger partial charge in [0.05, 0.1) is 25.0 Å². The van der Waals surface area contributed by atoms with Crippen molar-refractivity contribution in [3.63, 3.8) is 0 Å².